The first-order valence-electron chi connectivity index (χ1n) is 7.35. The zero-order valence-corrected chi connectivity index (χ0v) is 13.1. The maximum atomic E-state index is 12.8. The van der Waals surface area contributed by atoms with Gasteiger partial charge in [-0.25, -0.2) is 9.67 Å². The second kappa shape index (κ2) is 6.49. The molecule has 3 rings (SSSR count). The van der Waals surface area contributed by atoms with E-state index in [1.165, 1.54) is 12.4 Å². The lowest BCUT2D eigenvalue weighted by Gasteiger charge is -2.32. The number of hydrogen-bond donors (Lipinski definition) is 0. The minimum atomic E-state index is -4.38. The van der Waals surface area contributed by atoms with Gasteiger partial charge >= 0.3 is 6.18 Å². The van der Waals surface area contributed by atoms with Crippen molar-refractivity contribution in [2.45, 2.75) is 31.6 Å². The molecule has 8 heteroatoms. The van der Waals surface area contributed by atoms with E-state index in [2.05, 4.69) is 15.0 Å². The van der Waals surface area contributed by atoms with Crippen molar-refractivity contribution in [2.75, 3.05) is 13.1 Å². The van der Waals surface area contributed by atoms with E-state index in [9.17, 15) is 13.2 Å². The van der Waals surface area contributed by atoms with Gasteiger partial charge in [0.05, 0.1) is 11.6 Å². The van der Waals surface area contributed by atoms with Crippen LogP contribution in [0.2, 0.25) is 5.02 Å². The molecule has 124 valence electrons. The van der Waals surface area contributed by atoms with E-state index in [1.54, 1.807) is 12.4 Å². The van der Waals surface area contributed by atoms with Gasteiger partial charge in [-0.3, -0.25) is 4.90 Å². The Hall–Kier alpha value is -1.60. The Morgan fingerprint density at radius 3 is 2.52 bits per heavy atom. The number of alkyl halides is 3. The van der Waals surface area contributed by atoms with Crippen LogP contribution in [0.15, 0.2) is 30.9 Å². The van der Waals surface area contributed by atoms with E-state index in [1.807, 2.05) is 4.68 Å². The molecule has 0 unspecified atom stereocenters. The van der Waals surface area contributed by atoms with Crippen LogP contribution < -0.4 is 0 Å². The summed E-state index contributed by atoms with van der Waals surface area (Å²) in [6.45, 7) is 2.07. The molecule has 0 bridgehead atoms. The standard InChI is InChI=1S/C15H16ClF3N4/c16-13-6-11(5-12(7-13)15(17,18)19)8-22-3-1-14(2-4-22)23-10-20-9-21-23/h5-7,9-10,14H,1-4,8H2. The number of hydrogen-bond acceptors (Lipinski definition) is 3. The smallest absolute Gasteiger partial charge is 0.299 e. The van der Waals surface area contributed by atoms with Gasteiger partial charge in [-0.15, -0.1) is 0 Å². The fraction of sp³-hybridized carbons (Fsp3) is 0.467. The highest BCUT2D eigenvalue weighted by Crippen LogP contribution is 2.32. The van der Waals surface area contributed by atoms with Crippen LogP contribution in [-0.2, 0) is 12.7 Å². The SMILES string of the molecule is FC(F)(F)c1cc(Cl)cc(CN2CCC(n3cncn3)CC2)c1. The first-order chi connectivity index (χ1) is 10.9. The molecule has 1 aromatic heterocycles. The van der Waals surface area contributed by atoms with Crippen LogP contribution >= 0.6 is 11.6 Å². The van der Waals surface area contributed by atoms with Gasteiger partial charge in [0.2, 0.25) is 0 Å². The third-order valence-electron chi connectivity index (χ3n) is 4.06. The summed E-state index contributed by atoms with van der Waals surface area (Å²) in [4.78, 5) is 6.08. The van der Waals surface area contributed by atoms with Crippen LogP contribution in [0.3, 0.4) is 0 Å². The molecular weight excluding hydrogens is 329 g/mol. The number of benzene rings is 1. The molecule has 0 N–H and O–H groups in total. The molecule has 0 radical (unpaired) electrons. The van der Waals surface area contributed by atoms with Gasteiger partial charge in [-0.05, 0) is 36.6 Å². The molecule has 1 aliphatic rings. The predicted molar refractivity (Wildman–Crippen MR) is 80.0 cm³/mol. The van der Waals surface area contributed by atoms with E-state index in [0.717, 1.165) is 32.0 Å². The molecule has 0 spiro atoms. The van der Waals surface area contributed by atoms with Crippen LogP contribution in [-0.4, -0.2) is 32.8 Å². The molecule has 1 aromatic carbocycles. The topological polar surface area (TPSA) is 34.0 Å². The second-order valence-corrected chi connectivity index (χ2v) is 6.17. The van der Waals surface area contributed by atoms with Crippen molar-refractivity contribution in [3.63, 3.8) is 0 Å². The maximum absolute atomic E-state index is 12.8. The zero-order chi connectivity index (χ0) is 16.4. The number of rotatable bonds is 3. The van der Waals surface area contributed by atoms with Crippen molar-refractivity contribution in [3.8, 4) is 0 Å². The van der Waals surface area contributed by atoms with Crippen LogP contribution in [0.1, 0.15) is 30.0 Å². The first kappa shape index (κ1) is 16.3. The lowest BCUT2D eigenvalue weighted by atomic mass is 10.0. The number of piperidine rings is 1. The zero-order valence-electron chi connectivity index (χ0n) is 12.3. The monoisotopic (exact) mass is 344 g/mol. The lowest BCUT2D eigenvalue weighted by molar-refractivity contribution is -0.137. The first-order valence-corrected chi connectivity index (χ1v) is 7.73. The number of aromatic nitrogens is 3. The van der Waals surface area contributed by atoms with Crippen LogP contribution in [0, 0.1) is 0 Å². The van der Waals surface area contributed by atoms with E-state index < -0.39 is 11.7 Å². The van der Waals surface area contributed by atoms with Crippen molar-refractivity contribution in [3.05, 3.63) is 47.0 Å². The summed E-state index contributed by atoms with van der Waals surface area (Å²) in [7, 11) is 0. The highest BCUT2D eigenvalue weighted by molar-refractivity contribution is 6.30. The highest BCUT2D eigenvalue weighted by atomic mass is 35.5. The number of halogens is 4. The fourth-order valence-electron chi connectivity index (χ4n) is 2.91. The summed E-state index contributed by atoms with van der Waals surface area (Å²) in [6.07, 6.45) is 0.635. The third kappa shape index (κ3) is 4.03. The van der Waals surface area contributed by atoms with Gasteiger partial charge in [0.25, 0.3) is 0 Å². The number of nitrogens with zero attached hydrogens (tertiary/aromatic N) is 4. The molecule has 1 fully saturated rings. The minimum Gasteiger partial charge on any atom is -0.299 e. The molecule has 2 aromatic rings. The predicted octanol–water partition coefficient (Wildman–Crippen LogP) is 3.79. The Bertz CT molecular complexity index is 649. The highest BCUT2D eigenvalue weighted by Gasteiger charge is 2.31. The maximum Gasteiger partial charge on any atom is 0.416 e. The average molecular weight is 345 g/mol. The summed E-state index contributed by atoms with van der Waals surface area (Å²) in [5.41, 5.74) is -0.110. The Kier molecular flexibility index (Phi) is 4.59. The summed E-state index contributed by atoms with van der Waals surface area (Å²) in [6, 6.07) is 4.04. The molecule has 0 atom stereocenters. The molecule has 0 saturated carbocycles. The lowest BCUT2D eigenvalue weighted by Crippen LogP contribution is -2.34. The average Bonchev–Trinajstić information content (AvgIpc) is 3.01. The molecule has 0 aliphatic carbocycles. The molecule has 1 saturated heterocycles. The largest absolute Gasteiger partial charge is 0.416 e. The molecular formula is C15H16ClF3N4. The van der Waals surface area contributed by atoms with Crippen molar-refractivity contribution in [2.24, 2.45) is 0 Å². The Morgan fingerprint density at radius 2 is 1.91 bits per heavy atom. The van der Waals surface area contributed by atoms with Crippen LogP contribution in [0.5, 0.6) is 0 Å². The van der Waals surface area contributed by atoms with Crippen LogP contribution in [0.4, 0.5) is 13.2 Å². The van der Waals surface area contributed by atoms with Gasteiger partial charge in [-0.2, -0.15) is 18.3 Å². The van der Waals surface area contributed by atoms with Crippen LogP contribution in [0.25, 0.3) is 0 Å². The van der Waals surface area contributed by atoms with E-state index in [4.69, 9.17) is 11.6 Å². The van der Waals surface area contributed by atoms with E-state index in [0.29, 0.717) is 18.2 Å². The molecule has 0 amide bonds. The third-order valence-corrected chi connectivity index (χ3v) is 4.28. The molecule has 2 heterocycles. The summed E-state index contributed by atoms with van der Waals surface area (Å²) in [5.74, 6) is 0. The van der Waals surface area contributed by atoms with Gasteiger partial charge in [0.15, 0.2) is 0 Å². The summed E-state index contributed by atoms with van der Waals surface area (Å²) >= 11 is 5.83. The molecule has 23 heavy (non-hydrogen) atoms. The van der Waals surface area contributed by atoms with Crippen molar-refractivity contribution in [1.82, 2.24) is 19.7 Å². The Labute approximate surface area is 136 Å². The van der Waals surface area contributed by atoms with Gasteiger partial charge < -0.3 is 0 Å². The quantitative estimate of drug-likeness (QED) is 0.849. The second-order valence-electron chi connectivity index (χ2n) is 5.73. The number of likely N-dealkylation sites (tertiary alicyclic amines) is 1. The van der Waals surface area contributed by atoms with Gasteiger partial charge in [0.1, 0.15) is 12.7 Å². The van der Waals surface area contributed by atoms with Gasteiger partial charge in [0, 0.05) is 24.7 Å². The molecule has 4 nitrogen and oxygen atoms in total. The summed E-state index contributed by atoms with van der Waals surface area (Å²) in [5, 5.41) is 4.26. The van der Waals surface area contributed by atoms with Gasteiger partial charge in [-0.1, -0.05) is 11.6 Å². The van der Waals surface area contributed by atoms with Crippen molar-refractivity contribution >= 4 is 11.6 Å². The Balaban J connectivity index is 1.64. The minimum absolute atomic E-state index is 0.118. The van der Waals surface area contributed by atoms with Crippen molar-refractivity contribution < 1.29 is 13.2 Å². The van der Waals surface area contributed by atoms with E-state index >= 15 is 0 Å². The molecule has 1 aliphatic heterocycles. The van der Waals surface area contributed by atoms with Crippen molar-refractivity contribution in [1.29, 1.82) is 0 Å². The fourth-order valence-corrected chi connectivity index (χ4v) is 3.17. The normalized spacial score (nSPS) is 17.6. The summed E-state index contributed by atoms with van der Waals surface area (Å²) < 4.78 is 40.4. The van der Waals surface area contributed by atoms with E-state index in [-0.39, 0.29) is 5.02 Å². The Morgan fingerprint density at radius 1 is 1.17 bits per heavy atom.